The average Bonchev–Trinajstić information content (AvgIpc) is 3.08. The molecule has 2 atom stereocenters. The molecule has 1 amide bonds. The molecule has 0 saturated carbocycles. The number of carbonyl (C=O) groups is 1. The summed E-state index contributed by atoms with van der Waals surface area (Å²) in [4.78, 5) is 12.9. The second-order valence-corrected chi connectivity index (χ2v) is 8.49. The Balaban J connectivity index is 2.05. The maximum absolute atomic E-state index is 14.4. The number of carbonyl (C=O) groups excluding carboxylic acids is 1. The number of benzene rings is 2. The number of aliphatic hydroxyl groups is 1. The molecule has 1 fully saturated rings. The van der Waals surface area contributed by atoms with Crippen LogP contribution in [0, 0.1) is 0 Å². The molecule has 0 bridgehead atoms. The number of amides is 1. The molecule has 1 heterocycles. The van der Waals surface area contributed by atoms with Crippen molar-refractivity contribution in [3.05, 3.63) is 62.6 Å². The largest absolute Gasteiger partial charge is 0.402 e. The van der Waals surface area contributed by atoms with Gasteiger partial charge in [-0.3, -0.25) is 4.79 Å². The van der Waals surface area contributed by atoms with Crippen molar-refractivity contribution in [3.8, 4) is 0 Å². The van der Waals surface area contributed by atoms with E-state index in [9.17, 15) is 23.1 Å². The summed E-state index contributed by atoms with van der Waals surface area (Å²) in [7, 11) is 0. The quantitative estimate of drug-likeness (QED) is 0.523. The third-order valence-corrected chi connectivity index (χ3v) is 6.78. The number of nitrogens with zero attached hydrogens (tertiary/aromatic N) is 1. The first-order valence-electron chi connectivity index (χ1n) is 9.54. The Labute approximate surface area is 192 Å². The van der Waals surface area contributed by atoms with E-state index in [-0.39, 0.29) is 46.0 Å². The Hall–Kier alpha value is -1.67. The fourth-order valence-corrected chi connectivity index (χ4v) is 4.48. The van der Waals surface area contributed by atoms with Gasteiger partial charge in [0.05, 0.1) is 15.1 Å². The minimum absolute atomic E-state index is 0.0502. The SMILES string of the molecule is CCC(=O)NCc1ccccc1N1CCC(c2cc(Cl)c(Cl)c(Cl)c2)(C(F)(F)F)C1O. The van der Waals surface area contributed by atoms with E-state index in [2.05, 4.69) is 5.32 Å². The van der Waals surface area contributed by atoms with E-state index in [4.69, 9.17) is 34.8 Å². The smallest absolute Gasteiger partial charge is 0.372 e. The van der Waals surface area contributed by atoms with Crippen molar-refractivity contribution >= 4 is 46.4 Å². The Bertz CT molecular complexity index is 964. The molecule has 0 aliphatic carbocycles. The molecule has 2 aromatic rings. The van der Waals surface area contributed by atoms with E-state index in [0.717, 1.165) is 12.1 Å². The maximum atomic E-state index is 14.4. The third-order valence-electron chi connectivity index (χ3n) is 5.59. The average molecular weight is 496 g/mol. The van der Waals surface area contributed by atoms with E-state index in [1.807, 2.05) is 0 Å². The van der Waals surface area contributed by atoms with Gasteiger partial charge < -0.3 is 15.3 Å². The Morgan fingerprint density at radius 3 is 2.42 bits per heavy atom. The topological polar surface area (TPSA) is 52.6 Å². The molecule has 2 N–H and O–H groups in total. The molecule has 4 nitrogen and oxygen atoms in total. The highest BCUT2D eigenvalue weighted by atomic mass is 35.5. The van der Waals surface area contributed by atoms with Gasteiger partial charge in [0.2, 0.25) is 5.91 Å². The number of para-hydroxylation sites is 1. The van der Waals surface area contributed by atoms with Crippen molar-refractivity contribution in [2.24, 2.45) is 0 Å². The Morgan fingerprint density at radius 1 is 1.23 bits per heavy atom. The minimum Gasteiger partial charge on any atom is -0.372 e. The molecule has 1 saturated heterocycles. The summed E-state index contributed by atoms with van der Waals surface area (Å²) in [5.41, 5.74) is -1.88. The fraction of sp³-hybridized carbons (Fsp3) is 0.381. The van der Waals surface area contributed by atoms with Crippen LogP contribution in [0.15, 0.2) is 36.4 Å². The van der Waals surface area contributed by atoms with Gasteiger partial charge in [-0.1, -0.05) is 59.9 Å². The van der Waals surface area contributed by atoms with Crippen LogP contribution in [0.3, 0.4) is 0 Å². The molecular weight excluding hydrogens is 476 g/mol. The highest BCUT2D eigenvalue weighted by Crippen LogP contribution is 2.53. The van der Waals surface area contributed by atoms with E-state index in [1.165, 1.54) is 4.90 Å². The molecule has 1 aliphatic rings. The Kier molecular flexibility index (Phi) is 7.01. The molecule has 3 rings (SSSR count). The maximum Gasteiger partial charge on any atom is 0.402 e. The van der Waals surface area contributed by atoms with Gasteiger partial charge in [0.1, 0.15) is 11.6 Å². The molecule has 0 aromatic heterocycles. The summed E-state index contributed by atoms with van der Waals surface area (Å²) >= 11 is 17.9. The van der Waals surface area contributed by atoms with E-state index < -0.39 is 24.2 Å². The van der Waals surface area contributed by atoms with Crippen LogP contribution >= 0.6 is 34.8 Å². The number of halogens is 6. The van der Waals surface area contributed by atoms with Gasteiger partial charge in [-0.05, 0) is 35.7 Å². The van der Waals surface area contributed by atoms with Crippen LogP contribution in [0.1, 0.15) is 30.9 Å². The predicted molar refractivity (Wildman–Crippen MR) is 116 cm³/mol. The van der Waals surface area contributed by atoms with Crippen LogP contribution in [0.2, 0.25) is 15.1 Å². The van der Waals surface area contributed by atoms with Crippen LogP contribution in [0.5, 0.6) is 0 Å². The zero-order chi connectivity index (χ0) is 23.0. The van der Waals surface area contributed by atoms with Crippen LogP contribution in [-0.4, -0.2) is 30.0 Å². The van der Waals surface area contributed by atoms with Crippen molar-refractivity contribution in [1.82, 2.24) is 5.32 Å². The van der Waals surface area contributed by atoms with Crippen molar-refractivity contribution in [3.63, 3.8) is 0 Å². The lowest BCUT2D eigenvalue weighted by Gasteiger charge is -2.38. The minimum atomic E-state index is -4.80. The van der Waals surface area contributed by atoms with Crippen molar-refractivity contribution in [1.29, 1.82) is 0 Å². The van der Waals surface area contributed by atoms with Crippen molar-refractivity contribution < 1.29 is 23.1 Å². The number of nitrogens with one attached hydrogen (secondary N) is 1. The Morgan fingerprint density at radius 2 is 1.84 bits per heavy atom. The van der Waals surface area contributed by atoms with Gasteiger partial charge in [-0.25, -0.2) is 0 Å². The fourth-order valence-electron chi connectivity index (χ4n) is 3.88. The number of hydrogen-bond donors (Lipinski definition) is 2. The summed E-state index contributed by atoms with van der Waals surface area (Å²) in [6.45, 7) is 1.76. The zero-order valence-electron chi connectivity index (χ0n) is 16.4. The molecule has 1 aliphatic heterocycles. The molecule has 0 spiro atoms. The third kappa shape index (κ3) is 4.33. The lowest BCUT2D eigenvalue weighted by molar-refractivity contribution is -0.210. The molecular formula is C21H20Cl3F3N2O2. The molecule has 2 aromatic carbocycles. The van der Waals surface area contributed by atoms with Crippen molar-refractivity contribution in [2.45, 2.75) is 44.1 Å². The van der Waals surface area contributed by atoms with Gasteiger partial charge in [0, 0.05) is 25.2 Å². The summed E-state index contributed by atoms with van der Waals surface area (Å²) in [5.74, 6) is -0.188. The van der Waals surface area contributed by atoms with Gasteiger partial charge >= 0.3 is 6.18 Å². The summed E-state index contributed by atoms with van der Waals surface area (Å²) in [6, 6.07) is 8.89. The molecule has 2 unspecified atom stereocenters. The lowest BCUT2D eigenvalue weighted by Crippen LogP contribution is -2.52. The van der Waals surface area contributed by atoms with E-state index >= 15 is 0 Å². The lowest BCUT2D eigenvalue weighted by atomic mass is 9.77. The summed E-state index contributed by atoms with van der Waals surface area (Å²) < 4.78 is 43.3. The van der Waals surface area contributed by atoms with Gasteiger partial charge in [0.15, 0.2) is 0 Å². The number of alkyl halides is 3. The standard InChI is InChI=1S/C21H20Cl3F3N2O2/c1-2-17(30)28-11-12-5-3-4-6-16(12)29-8-7-20(19(29)31,21(25,26)27)13-9-14(22)18(24)15(23)10-13/h3-6,9-10,19,31H,2,7-8,11H2,1H3,(H,28,30). The van der Waals surface area contributed by atoms with Crippen molar-refractivity contribution in [2.75, 3.05) is 11.4 Å². The number of aliphatic hydroxyl groups excluding tert-OH is 1. The van der Waals surface area contributed by atoms with Crippen LogP contribution in [-0.2, 0) is 16.8 Å². The first-order chi connectivity index (χ1) is 14.5. The molecule has 31 heavy (non-hydrogen) atoms. The van der Waals surface area contributed by atoms with Gasteiger partial charge in [-0.15, -0.1) is 0 Å². The van der Waals surface area contributed by atoms with Crippen LogP contribution < -0.4 is 10.2 Å². The monoisotopic (exact) mass is 494 g/mol. The van der Waals surface area contributed by atoms with Crippen LogP contribution in [0.4, 0.5) is 18.9 Å². The normalized spacial score (nSPS) is 21.4. The number of anilines is 1. The van der Waals surface area contributed by atoms with Gasteiger partial charge in [0.25, 0.3) is 0 Å². The predicted octanol–water partition coefficient (Wildman–Crippen LogP) is 5.70. The number of hydrogen-bond acceptors (Lipinski definition) is 3. The zero-order valence-corrected chi connectivity index (χ0v) is 18.7. The molecule has 0 radical (unpaired) electrons. The highest BCUT2D eigenvalue weighted by Gasteiger charge is 2.65. The summed E-state index contributed by atoms with van der Waals surface area (Å²) in [6.07, 6.45) is -6.87. The molecule has 10 heteroatoms. The second-order valence-electron chi connectivity index (χ2n) is 7.30. The molecule has 168 valence electrons. The van der Waals surface area contributed by atoms with E-state index in [0.29, 0.717) is 11.3 Å². The van der Waals surface area contributed by atoms with Crippen LogP contribution in [0.25, 0.3) is 0 Å². The highest BCUT2D eigenvalue weighted by molar-refractivity contribution is 6.48. The number of rotatable bonds is 5. The second kappa shape index (κ2) is 9.06. The summed E-state index contributed by atoms with van der Waals surface area (Å²) in [5, 5.41) is 13.5. The first-order valence-corrected chi connectivity index (χ1v) is 10.7. The van der Waals surface area contributed by atoms with Gasteiger partial charge in [-0.2, -0.15) is 13.2 Å². The van der Waals surface area contributed by atoms with E-state index in [1.54, 1.807) is 31.2 Å². The first kappa shape index (κ1) is 24.0.